The lowest BCUT2D eigenvalue weighted by molar-refractivity contribution is 0.669. The van der Waals surface area contributed by atoms with Crippen molar-refractivity contribution in [3.05, 3.63) is 237 Å². The van der Waals surface area contributed by atoms with E-state index in [-0.39, 0.29) is 0 Å². The molecule has 0 saturated heterocycles. The largest absolute Gasteiger partial charge is 0.455 e. The number of nitrogens with zero attached hydrogens (tertiary/aromatic N) is 9. The Morgan fingerprint density at radius 3 is 1.31 bits per heavy atom. The molecule has 7 heterocycles. The van der Waals surface area contributed by atoms with E-state index in [4.69, 9.17) is 29.3 Å². The number of para-hydroxylation sites is 8. The first-order valence-electron chi connectivity index (χ1n) is 25.8. The van der Waals surface area contributed by atoms with Gasteiger partial charge in [0.05, 0.1) is 55.4 Å². The predicted molar refractivity (Wildman–Crippen MR) is 311 cm³/mol. The number of furan rings is 1. The molecule has 17 rings (SSSR count). The minimum Gasteiger partial charge on any atom is -0.455 e. The Morgan fingerprint density at radius 1 is 0.299 bits per heavy atom. The fraction of sp³-hybridized carbons (Fsp3) is 0. The number of hydrogen-bond donors (Lipinski definition) is 0. The molecule has 17 aromatic rings. The summed E-state index contributed by atoms with van der Waals surface area (Å²) in [5, 5.41) is 10.8. The molecule has 0 amide bonds. The smallest absolute Gasteiger partial charge is 0.241 e. The van der Waals surface area contributed by atoms with Gasteiger partial charge in [-0.05, 0) is 54.6 Å². The summed E-state index contributed by atoms with van der Waals surface area (Å²) in [5.74, 6) is 2.78. The molecular weight excluding hydrogens is 947 g/mol. The molecule has 0 fully saturated rings. The second-order valence-corrected chi connectivity index (χ2v) is 19.6. The van der Waals surface area contributed by atoms with E-state index in [2.05, 4.69) is 231 Å². The van der Waals surface area contributed by atoms with Gasteiger partial charge in [-0.2, -0.15) is 15.0 Å². The maximum atomic E-state index is 6.64. The Labute approximate surface area is 437 Å². The van der Waals surface area contributed by atoms with Gasteiger partial charge >= 0.3 is 0 Å². The fourth-order valence-corrected chi connectivity index (χ4v) is 12.2. The topological polar surface area (TPSA) is 97.3 Å². The highest BCUT2D eigenvalue weighted by molar-refractivity contribution is 6.26. The van der Waals surface area contributed by atoms with Crippen molar-refractivity contribution in [3.8, 4) is 46.3 Å². The summed E-state index contributed by atoms with van der Waals surface area (Å²) < 4.78 is 15.5. The summed E-state index contributed by atoms with van der Waals surface area (Å²) in [6, 6.07) is 82.4. The summed E-state index contributed by atoms with van der Waals surface area (Å²) >= 11 is 0. The van der Waals surface area contributed by atoms with Crippen LogP contribution in [0.1, 0.15) is 0 Å². The molecule has 10 heteroatoms. The highest BCUT2D eigenvalue weighted by Gasteiger charge is 2.26. The van der Waals surface area contributed by atoms with Crippen LogP contribution in [-0.2, 0) is 0 Å². The maximum Gasteiger partial charge on any atom is 0.241 e. The van der Waals surface area contributed by atoms with E-state index in [0.29, 0.717) is 23.7 Å². The van der Waals surface area contributed by atoms with Crippen molar-refractivity contribution in [1.29, 1.82) is 0 Å². The number of hydrogen-bond acceptors (Lipinski definition) is 6. The van der Waals surface area contributed by atoms with E-state index >= 15 is 0 Å². The number of rotatable bonds is 6. The van der Waals surface area contributed by atoms with Crippen LogP contribution in [0.2, 0.25) is 0 Å². The highest BCUT2D eigenvalue weighted by Crippen LogP contribution is 2.44. The van der Waals surface area contributed by atoms with Crippen molar-refractivity contribution >= 4 is 109 Å². The number of benzene rings is 10. The summed E-state index contributed by atoms with van der Waals surface area (Å²) in [4.78, 5) is 27.5. The molecule has 0 atom stereocenters. The Balaban J connectivity index is 0.986. The molecule has 0 spiro atoms. The zero-order valence-electron chi connectivity index (χ0n) is 40.9. The molecule has 0 radical (unpaired) electrons. The second-order valence-electron chi connectivity index (χ2n) is 19.6. The fourth-order valence-electron chi connectivity index (χ4n) is 12.2. The monoisotopic (exact) mass is 985 g/mol. The van der Waals surface area contributed by atoms with E-state index in [1.54, 1.807) is 0 Å². The van der Waals surface area contributed by atoms with Crippen molar-refractivity contribution in [3.63, 3.8) is 0 Å². The van der Waals surface area contributed by atoms with Crippen LogP contribution in [0.5, 0.6) is 0 Å². The lowest BCUT2D eigenvalue weighted by Gasteiger charge is -2.14. The molecule has 358 valence electrons. The molecule has 77 heavy (non-hydrogen) atoms. The van der Waals surface area contributed by atoms with Crippen LogP contribution in [-0.4, -0.2) is 43.2 Å². The average Bonchev–Trinajstić information content (AvgIpc) is 4.38. The molecule has 0 saturated carbocycles. The third-order valence-corrected chi connectivity index (χ3v) is 15.5. The average molecular weight is 986 g/mol. The molecule has 10 aromatic carbocycles. The van der Waals surface area contributed by atoms with Gasteiger partial charge in [-0.1, -0.05) is 176 Å². The van der Waals surface area contributed by atoms with Gasteiger partial charge in [0.1, 0.15) is 17.0 Å². The zero-order valence-corrected chi connectivity index (χ0v) is 40.9. The van der Waals surface area contributed by atoms with Gasteiger partial charge in [-0.3, -0.25) is 18.3 Å². The summed E-state index contributed by atoms with van der Waals surface area (Å²) in [6.07, 6.45) is 0. The Morgan fingerprint density at radius 2 is 0.740 bits per heavy atom. The third kappa shape index (κ3) is 5.97. The minimum absolute atomic E-state index is 0.483. The Bertz CT molecular complexity index is 5070. The molecule has 0 aliphatic heterocycles. The van der Waals surface area contributed by atoms with Crippen LogP contribution < -0.4 is 0 Å². The van der Waals surface area contributed by atoms with Crippen LogP contribution in [0.4, 0.5) is 0 Å². The van der Waals surface area contributed by atoms with E-state index in [1.807, 2.05) is 24.3 Å². The molecule has 0 N–H and O–H groups in total. The number of aromatic nitrogens is 9. The van der Waals surface area contributed by atoms with Crippen molar-refractivity contribution < 1.29 is 4.42 Å². The standard InChI is InChI=1S/C67H39N9O/c1-2-19-40(20-3-1)51-39-60(69-64(68-51)50-29-18-28-48-46-26-10-17-36-59(46)77-63(48)50)76-56-34-15-8-25-45(56)47-37-38-58-61(62(47)76)49-27-9-16-35-57(49)75(58)67-71-65(73-52-30-11-4-21-41(52)42-22-5-12-31-53(42)73)70-66(72-67)74-54-32-13-6-23-43(54)44-24-7-14-33-55(44)74/h1-39H. The Kier molecular flexibility index (Phi) is 8.62. The van der Waals surface area contributed by atoms with Crippen LogP contribution in [0.3, 0.4) is 0 Å². The van der Waals surface area contributed by atoms with Crippen molar-refractivity contribution in [2.45, 2.75) is 0 Å². The summed E-state index contributed by atoms with van der Waals surface area (Å²) in [5.41, 5.74) is 12.1. The SMILES string of the molecule is c1ccc(-c2cc(-n3c4ccccc4c4ccc5c(c6ccccc6n5-c5nc(-n6c7ccccc7c7ccccc76)nc(-n6c7ccccc7c7ccccc76)n5)c43)nc(-c3cccc4c3oc3ccccc34)n2)cc1. The van der Waals surface area contributed by atoms with Crippen molar-refractivity contribution in [2.75, 3.05) is 0 Å². The molecule has 0 aliphatic carbocycles. The first kappa shape index (κ1) is 41.7. The predicted octanol–water partition coefficient (Wildman–Crippen LogP) is 16.3. The lowest BCUT2D eigenvalue weighted by atomic mass is 10.1. The maximum absolute atomic E-state index is 6.64. The summed E-state index contributed by atoms with van der Waals surface area (Å²) in [6.45, 7) is 0. The van der Waals surface area contributed by atoms with Gasteiger partial charge in [-0.15, -0.1) is 0 Å². The van der Waals surface area contributed by atoms with E-state index in [0.717, 1.165) is 132 Å². The minimum atomic E-state index is 0.483. The molecular formula is C67H39N9O. The normalized spacial score (nSPS) is 12.2. The number of fused-ring (bicyclic) bond motifs is 16. The van der Waals surface area contributed by atoms with Crippen LogP contribution >= 0.6 is 0 Å². The van der Waals surface area contributed by atoms with Gasteiger partial charge in [-0.25, -0.2) is 9.97 Å². The third-order valence-electron chi connectivity index (χ3n) is 15.5. The molecule has 0 bridgehead atoms. The van der Waals surface area contributed by atoms with Gasteiger partial charge < -0.3 is 4.42 Å². The molecule has 0 unspecified atom stereocenters. The van der Waals surface area contributed by atoms with E-state index in [9.17, 15) is 0 Å². The van der Waals surface area contributed by atoms with Crippen LogP contribution in [0, 0.1) is 0 Å². The molecule has 10 nitrogen and oxygen atoms in total. The van der Waals surface area contributed by atoms with Crippen molar-refractivity contribution in [1.82, 2.24) is 43.2 Å². The lowest BCUT2D eigenvalue weighted by Crippen LogP contribution is -2.13. The highest BCUT2D eigenvalue weighted by atomic mass is 16.3. The van der Waals surface area contributed by atoms with Crippen molar-refractivity contribution in [2.24, 2.45) is 0 Å². The van der Waals surface area contributed by atoms with Gasteiger partial charge in [0.2, 0.25) is 17.8 Å². The van der Waals surface area contributed by atoms with Crippen LogP contribution in [0.15, 0.2) is 241 Å². The van der Waals surface area contributed by atoms with Crippen LogP contribution in [0.25, 0.3) is 155 Å². The first-order valence-corrected chi connectivity index (χ1v) is 25.8. The van der Waals surface area contributed by atoms with E-state index < -0.39 is 0 Å². The Hall–Kier alpha value is -10.7. The quantitative estimate of drug-likeness (QED) is 0.165. The van der Waals surface area contributed by atoms with Gasteiger partial charge in [0.25, 0.3) is 0 Å². The van der Waals surface area contributed by atoms with Gasteiger partial charge in [0, 0.05) is 65.5 Å². The van der Waals surface area contributed by atoms with E-state index in [1.165, 1.54) is 0 Å². The molecule has 0 aliphatic rings. The second kappa shape index (κ2) is 15.9. The zero-order chi connectivity index (χ0) is 50.3. The molecule has 7 aromatic heterocycles. The summed E-state index contributed by atoms with van der Waals surface area (Å²) in [7, 11) is 0. The first-order chi connectivity index (χ1) is 38.2. The van der Waals surface area contributed by atoms with Gasteiger partial charge in [0.15, 0.2) is 5.82 Å².